The molecule has 12 atom stereocenters. The third kappa shape index (κ3) is 6.16. The van der Waals surface area contributed by atoms with E-state index in [0.717, 1.165) is 81.8 Å². The largest absolute Gasteiger partial charge is 0.353 e. The molecule has 4 aliphatic carbocycles. The first-order chi connectivity index (χ1) is 20.2. The normalized spacial score (nSPS) is 46.5. The van der Waals surface area contributed by atoms with Crippen LogP contribution in [0, 0.1) is 52.3 Å². The summed E-state index contributed by atoms with van der Waals surface area (Å²) < 4.78 is 25.9. The van der Waals surface area contributed by atoms with E-state index in [1.165, 1.54) is 57.8 Å². The monoisotopic (exact) mass is 586 g/mol. The number of hydrogen-bond acceptors (Lipinski definition) is 5. The summed E-state index contributed by atoms with van der Waals surface area (Å²) in [6, 6.07) is 0. The van der Waals surface area contributed by atoms with Gasteiger partial charge in [-0.15, -0.1) is 0 Å². The summed E-state index contributed by atoms with van der Waals surface area (Å²) in [7, 11) is 0. The van der Waals surface area contributed by atoms with Gasteiger partial charge in [0.05, 0.1) is 12.2 Å². The lowest BCUT2D eigenvalue weighted by Gasteiger charge is -2.63. The van der Waals surface area contributed by atoms with Crippen LogP contribution in [0.2, 0.25) is 0 Å². The highest BCUT2D eigenvalue weighted by molar-refractivity contribution is 5.80. The highest BCUT2D eigenvalue weighted by Crippen LogP contribution is 2.69. The number of ether oxygens (including phenoxy) is 4. The second-order valence-corrected chi connectivity index (χ2v) is 16.4. The number of fused-ring (bicyclic) bond motifs is 5. The summed E-state index contributed by atoms with van der Waals surface area (Å²) >= 11 is 0. The Kier molecular flexibility index (Phi) is 9.81. The number of ketones is 1. The standard InChI is InChI=1S/C37H62O5/c1-24(2)32(38)15-12-25(3)28-13-14-29-27-23-33(42-35-11-7-9-21-40-35)31-22-26(41-34-10-6-8-20-39-34)16-18-37(31,5)30(27)17-19-36(28,29)4/h24-31,33-35H,6-23H2,1-5H3/t25-,26-,27+,28-,29+,30+,31+,33+,34?,35?,36-,37-/m1/s1. The van der Waals surface area contributed by atoms with Crippen molar-refractivity contribution >= 4 is 5.78 Å². The summed E-state index contributed by atoms with van der Waals surface area (Å²) in [4.78, 5) is 12.5. The van der Waals surface area contributed by atoms with Gasteiger partial charge in [-0.3, -0.25) is 4.79 Å². The number of Topliss-reactive ketones (excluding diaryl/α,β-unsaturated/α-hetero) is 1. The second-order valence-electron chi connectivity index (χ2n) is 16.4. The Labute approximate surface area is 256 Å². The zero-order valence-corrected chi connectivity index (χ0v) is 27.6. The minimum absolute atomic E-state index is 0.00544. The average Bonchev–Trinajstić information content (AvgIpc) is 3.35. The minimum atomic E-state index is -0.0302. The average molecular weight is 587 g/mol. The molecule has 0 aromatic rings. The van der Waals surface area contributed by atoms with Gasteiger partial charge in [0.15, 0.2) is 12.6 Å². The molecular formula is C37H62O5. The third-order valence-corrected chi connectivity index (χ3v) is 13.8. The molecule has 42 heavy (non-hydrogen) atoms. The van der Waals surface area contributed by atoms with Gasteiger partial charge in [-0.1, -0.05) is 34.6 Å². The van der Waals surface area contributed by atoms with Crippen LogP contribution < -0.4 is 0 Å². The lowest BCUT2D eigenvalue weighted by Crippen LogP contribution is -2.59. The predicted octanol–water partition coefficient (Wildman–Crippen LogP) is 8.72. The molecule has 0 spiro atoms. The van der Waals surface area contributed by atoms with Crippen LogP contribution in [0.1, 0.15) is 137 Å². The first kappa shape index (κ1) is 31.5. The maximum atomic E-state index is 12.5. The predicted molar refractivity (Wildman–Crippen MR) is 166 cm³/mol. The fourth-order valence-corrected chi connectivity index (χ4v) is 11.4. The third-order valence-electron chi connectivity index (χ3n) is 13.8. The molecule has 6 aliphatic rings. The van der Waals surface area contributed by atoms with Crippen molar-refractivity contribution in [1.82, 2.24) is 0 Å². The maximum absolute atomic E-state index is 12.5. The Morgan fingerprint density at radius 2 is 1.43 bits per heavy atom. The number of rotatable bonds is 9. The van der Waals surface area contributed by atoms with E-state index in [9.17, 15) is 4.79 Å². The summed E-state index contributed by atoms with van der Waals surface area (Å²) in [5.74, 6) is 4.83. The molecule has 0 bridgehead atoms. The molecule has 0 radical (unpaired) electrons. The molecule has 0 N–H and O–H groups in total. The molecule has 2 aliphatic heterocycles. The Balaban J connectivity index is 1.19. The van der Waals surface area contributed by atoms with Gasteiger partial charge < -0.3 is 18.9 Å². The fraction of sp³-hybridized carbons (Fsp3) is 0.973. The zero-order chi connectivity index (χ0) is 29.5. The van der Waals surface area contributed by atoms with Crippen LogP contribution in [0.25, 0.3) is 0 Å². The van der Waals surface area contributed by atoms with Gasteiger partial charge in [-0.2, -0.15) is 0 Å². The van der Waals surface area contributed by atoms with Crippen molar-refractivity contribution in [3.8, 4) is 0 Å². The minimum Gasteiger partial charge on any atom is -0.353 e. The summed E-state index contributed by atoms with van der Waals surface area (Å²) in [5, 5.41) is 0. The molecule has 5 nitrogen and oxygen atoms in total. The molecule has 4 saturated carbocycles. The molecule has 0 amide bonds. The Hall–Kier alpha value is -0.490. The van der Waals surface area contributed by atoms with Crippen molar-refractivity contribution in [2.45, 2.75) is 162 Å². The first-order valence-electron chi connectivity index (χ1n) is 18.3. The van der Waals surface area contributed by atoms with E-state index in [1.807, 2.05) is 0 Å². The maximum Gasteiger partial charge on any atom is 0.157 e. The molecule has 6 rings (SSSR count). The molecule has 0 aromatic carbocycles. The molecular weight excluding hydrogens is 524 g/mol. The van der Waals surface area contributed by atoms with E-state index in [2.05, 4.69) is 34.6 Å². The van der Waals surface area contributed by atoms with Gasteiger partial charge in [0.1, 0.15) is 5.78 Å². The fourth-order valence-electron chi connectivity index (χ4n) is 11.4. The molecule has 0 aromatic heterocycles. The lowest BCUT2D eigenvalue weighted by molar-refractivity contribution is -0.261. The van der Waals surface area contributed by atoms with E-state index in [0.29, 0.717) is 34.6 Å². The van der Waals surface area contributed by atoms with Crippen LogP contribution in [0.5, 0.6) is 0 Å². The van der Waals surface area contributed by atoms with E-state index < -0.39 is 0 Å². The van der Waals surface area contributed by atoms with Crippen molar-refractivity contribution in [2.24, 2.45) is 52.3 Å². The van der Waals surface area contributed by atoms with Gasteiger partial charge in [0.25, 0.3) is 0 Å². The van der Waals surface area contributed by atoms with Crippen molar-refractivity contribution in [2.75, 3.05) is 13.2 Å². The van der Waals surface area contributed by atoms with Gasteiger partial charge >= 0.3 is 0 Å². The highest BCUT2D eigenvalue weighted by atomic mass is 16.7. The zero-order valence-electron chi connectivity index (χ0n) is 27.6. The van der Waals surface area contributed by atoms with Crippen LogP contribution in [-0.2, 0) is 23.7 Å². The van der Waals surface area contributed by atoms with Crippen molar-refractivity contribution < 1.29 is 23.7 Å². The van der Waals surface area contributed by atoms with Gasteiger partial charge in [-0.25, -0.2) is 0 Å². The van der Waals surface area contributed by atoms with Gasteiger partial charge in [0.2, 0.25) is 0 Å². The molecule has 6 fully saturated rings. The summed E-state index contributed by atoms with van der Waals surface area (Å²) in [5.41, 5.74) is 0.708. The van der Waals surface area contributed by atoms with Crippen molar-refractivity contribution in [1.29, 1.82) is 0 Å². The summed E-state index contributed by atoms with van der Waals surface area (Å²) in [6.07, 6.45) is 19.4. The number of hydrogen-bond donors (Lipinski definition) is 0. The smallest absolute Gasteiger partial charge is 0.157 e. The van der Waals surface area contributed by atoms with Gasteiger partial charge in [-0.05, 0) is 143 Å². The molecule has 5 heteroatoms. The first-order valence-corrected chi connectivity index (χ1v) is 18.3. The lowest BCUT2D eigenvalue weighted by atomic mass is 9.43. The quantitative estimate of drug-likeness (QED) is 0.253. The van der Waals surface area contributed by atoms with Crippen LogP contribution >= 0.6 is 0 Å². The molecule has 2 heterocycles. The molecule has 2 saturated heterocycles. The SMILES string of the molecule is CC(C)C(=O)CC[C@@H](C)[C@H]1CC[C@H]2[C@@H]3C[C@H](OC4CCCCO4)[C@@H]4C[C@H](OC5CCCCO5)CC[C@]4(C)[C@H]3CC[C@]12C. The van der Waals surface area contributed by atoms with E-state index in [4.69, 9.17) is 18.9 Å². The van der Waals surface area contributed by atoms with E-state index in [1.54, 1.807) is 0 Å². The molecule has 2 unspecified atom stereocenters. The highest BCUT2D eigenvalue weighted by Gasteiger charge is 2.63. The van der Waals surface area contributed by atoms with E-state index in [-0.39, 0.29) is 24.6 Å². The second kappa shape index (κ2) is 13.1. The van der Waals surface area contributed by atoms with Crippen LogP contribution in [-0.4, -0.2) is 43.8 Å². The Morgan fingerprint density at radius 3 is 2.10 bits per heavy atom. The van der Waals surface area contributed by atoms with Crippen LogP contribution in [0.3, 0.4) is 0 Å². The number of carbonyl (C=O) groups excluding carboxylic acids is 1. The topological polar surface area (TPSA) is 54.0 Å². The van der Waals surface area contributed by atoms with Gasteiger partial charge in [0, 0.05) is 25.6 Å². The van der Waals surface area contributed by atoms with E-state index >= 15 is 0 Å². The Morgan fingerprint density at radius 1 is 0.762 bits per heavy atom. The van der Waals surface area contributed by atoms with Crippen LogP contribution in [0.4, 0.5) is 0 Å². The van der Waals surface area contributed by atoms with Crippen molar-refractivity contribution in [3.05, 3.63) is 0 Å². The Bertz CT molecular complexity index is 908. The summed E-state index contributed by atoms with van der Waals surface area (Å²) in [6.45, 7) is 13.6. The van der Waals surface area contributed by atoms with Crippen LogP contribution in [0.15, 0.2) is 0 Å². The van der Waals surface area contributed by atoms with Crippen molar-refractivity contribution in [3.63, 3.8) is 0 Å². The molecule has 240 valence electrons. The number of carbonyl (C=O) groups is 1.